The van der Waals surface area contributed by atoms with Crippen molar-refractivity contribution in [2.45, 2.75) is 0 Å². The Bertz CT molecular complexity index is 523. The molecule has 80 valence electrons. The molecule has 3 heterocycles. The molecule has 5 nitrogen and oxygen atoms in total. The number of guanidine groups is 1. The summed E-state index contributed by atoms with van der Waals surface area (Å²) in [6, 6.07) is 0. The maximum atomic E-state index is 11.5. The van der Waals surface area contributed by atoms with E-state index in [1.165, 1.54) is 6.34 Å². The van der Waals surface area contributed by atoms with Crippen molar-refractivity contribution >= 4 is 29.7 Å². The highest BCUT2D eigenvalue weighted by Gasteiger charge is 2.28. The van der Waals surface area contributed by atoms with Gasteiger partial charge in [0, 0.05) is 18.4 Å². The van der Waals surface area contributed by atoms with Crippen molar-refractivity contribution in [3.05, 3.63) is 34.7 Å². The number of hydrogen-bond acceptors (Lipinski definition) is 5. The van der Waals surface area contributed by atoms with Crippen molar-refractivity contribution in [3.63, 3.8) is 0 Å². The first kappa shape index (κ1) is 9.56. The van der Waals surface area contributed by atoms with Gasteiger partial charge >= 0.3 is 0 Å². The Morgan fingerprint density at radius 1 is 1.31 bits per heavy atom. The zero-order valence-electron chi connectivity index (χ0n) is 8.49. The van der Waals surface area contributed by atoms with E-state index >= 15 is 0 Å². The van der Waals surface area contributed by atoms with Crippen molar-refractivity contribution in [2.75, 3.05) is 6.26 Å². The van der Waals surface area contributed by atoms with E-state index in [4.69, 9.17) is 0 Å². The van der Waals surface area contributed by atoms with Gasteiger partial charge in [-0.2, -0.15) is 0 Å². The van der Waals surface area contributed by atoms with E-state index < -0.39 is 11.2 Å². The lowest BCUT2D eigenvalue weighted by molar-refractivity contribution is 0.600. The van der Waals surface area contributed by atoms with Crippen LogP contribution in [0.1, 0.15) is 0 Å². The Balaban J connectivity index is 2.14. The highest BCUT2D eigenvalue weighted by Crippen LogP contribution is 2.29. The minimum atomic E-state index is -1.02. The average Bonchev–Trinajstić information content (AvgIpc) is 2.29. The number of hydrogen-bond donors (Lipinski definition) is 0. The van der Waals surface area contributed by atoms with Crippen molar-refractivity contribution in [1.82, 2.24) is 4.90 Å². The number of rotatable bonds is 1. The first-order valence-corrected chi connectivity index (χ1v) is 6.23. The summed E-state index contributed by atoms with van der Waals surface area (Å²) < 4.78 is 11.5. The standard InChI is InChI=1S/C10H8N4OS/c1-16(15)8-4-7-2-3-11-10-13-6-12-9(5-8)14(7)10/h2-6H,1H3. The lowest BCUT2D eigenvalue weighted by atomic mass is 10.2. The van der Waals surface area contributed by atoms with E-state index in [1.807, 2.05) is 17.1 Å². The monoisotopic (exact) mass is 232 g/mol. The van der Waals surface area contributed by atoms with E-state index in [9.17, 15) is 4.55 Å². The van der Waals surface area contributed by atoms with Crippen LogP contribution in [-0.4, -0.2) is 34.2 Å². The van der Waals surface area contributed by atoms with Crippen molar-refractivity contribution < 1.29 is 4.55 Å². The fourth-order valence-corrected chi connectivity index (χ4v) is 2.20. The van der Waals surface area contributed by atoms with Gasteiger partial charge in [-0.3, -0.25) is 4.90 Å². The number of nitrogens with zero attached hydrogens (tertiary/aromatic N) is 4. The Kier molecular flexibility index (Phi) is 2.05. The van der Waals surface area contributed by atoms with Crippen LogP contribution in [0.15, 0.2) is 49.6 Å². The molecule has 16 heavy (non-hydrogen) atoms. The highest BCUT2D eigenvalue weighted by molar-refractivity contribution is 7.94. The first-order chi connectivity index (χ1) is 7.75. The smallest absolute Gasteiger partial charge is 0.237 e. The molecular formula is C10H8N4OS. The van der Waals surface area contributed by atoms with Crippen LogP contribution in [0.4, 0.5) is 0 Å². The second-order valence-electron chi connectivity index (χ2n) is 3.38. The third kappa shape index (κ3) is 1.35. The van der Waals surface area contributed by atoms with Gasteiger partial charge in [0.2, 0.25) is 5.96 Å². The van der Waals surface area contributed by atoms with E-state index in [1.54, 1.807) is 18.5 Å². The lowest BCUT2D eigenvalue weighted by Gasteiger charge is -2.30. The molecule has 0 N–H and O–H groups in total. The Hall–Kier alpha value is -1.66. The van der Waals surface area contributed by atoms with E-state index in [0.29, 0.717) is 11.8 Å². The van der Waals surface area contributed by atoms with Gasteiger partial charge in [-0.05, 0) is 17.3 Å². The summed E-state index contributed by atoms with van der Waals surface area (Å²) in [6.45, 7) is 0. The van der Waals surface area contributed by atoms with Crippen LogP contribution >= 0.6 is 0 Å². The molecule has 0 bridgehead atoms. The quantitative estimate of drug-likeness (QED) is 0.627. The van der Waals surface area contributed by atoms with E-state index in [-0.39, 0.29) is 0 Å². The molecule has 0 fully saturated rings. The molecule has 0 aromatic rings. The van der Waals surface area contributed by atoms with Gasteiger partial charge in [-0.25, -0.2) is 15.0 Å². The van der Waals surface area contributed by atoms with Crippen LogP contribution in [0, 0.1) is 0 Å². The minimum Gasteiger partial charge on any atom is -0.612 e. The summed E-state index contributed by atoms with van der Waals surface area (Å²) in [5, 5.41) is 0. The summed E-state index contributed by atoms with van der Waals surface area (Å²) in [6.07, 6.45) is 10.3. The summed E-state index contributed by atoms with van der Waals surface area (Å²) in [5.74, 6) is 1.30. The van der Waals surface area contributed by atoms with E-state index in [2.05, 4.69) is 15.0 Å². The van der Waals surface area contributed by atoms with E-state index in [0.717, 1.165) is 10.6 Å². The molecule has 3 aliphatic heterocycles. The fraction of sp³-hybridized carbons (Fsp3) is 0.100. The number of allylic oxidation sites excluding steroid dienone is 3. The lowest BCUT2D eigenvalue weighted by Crippen LogP contribution is -2.33. The van der Waals surface area contributed by atoms with Crippen molar-refractivity contribution in [1.29, 1.82) is 0 Å². The summed E-state index contributed by atoms with van der Waals surface area (Å²) in [4.78, 5) is 14.9. The molecule has 0 aromatic heterocycles. The second kappa shape index (κ2) is 3.43. The molecule has 0 spiro atoms. The predicted molar refractivity (Wildman–Crippen MR) is 64.6 cm³/mol. The largest absolute Gasteiger partial charge is 0.612 e. The van der Waals surface area contributed by atoms with Gasteiger partial charge in [0.15, 0.2) is 4.91 Å². The molecule has 1 unspecified atom stereocenters. The normalized spacial score (nSPS) is 23.0. The average molecular weight is 232 g/mol. The molecule has 0 aromatic carbocycles. The predicted octanol–water partition coefficient (Wildman–Crippen LogP) is 0.772. The third-order valence-corrected chi connectivity index (χ3v) is 3.28. The summed E-state index contributed by atoms with van der Waals surface area (Å²) in [7, 11) is 0. The summed E-state index contributed by atoms with van der Waals surface area (Å²) in [5.41, 5.74) is 0.897. The molecule has 3 rings (SSSR count). The van der Waals surface area contributed by atoms with Crippen LogP contribution in [0.2, 0.25) is 0 Å². The Morgan fingerprint density at radius 2 is 2.19 bits per heavy atom. The maximum absolute atomic E-state index is 11.5. The van der Waals surface area contributed by atoms with Gasteiger partial charge in [0.25, 0.3) is 0 Å². The van der Waals surface area contributed by atoms with Gasteiger partial charge in [0.1, 0.15) is 18.4 Å². The molecular weight excluding hydrogens is 224 g/mol. The molecule has 0 saturated carbocycles. The first-order valence-electron chi connectivity index (χ1n) is 4.67. The highest BCUT2D eigenvalue weighted by atomic mass is 32.2. The zero-order chi connectivity index (χ0) is 11.1. The maximum Gasteiger partial charge on any atom is 0.237 e. The molecule has 6 heteroatoms. The zero-order valence-corrected chi connectivity index (χ0v) is 9.31. The van der Waals surface area contributed by atoms with Crippen LogP contribution < -0.4 is 0 Å². The second-order valence-corrected chi connectivity index (χ2v) is 4.76. The third-order valence-electron chi connectivity index (χ3n) is 2.38. The molecule has 0 aliphatic carbocycles. The molecule has 0 radical (unpaired) electrons. The van der Waals surface area contributed by atoms with Crippen LogP contribution in [-0.2, 0) is 11.2 Å². The van der Waals surface area contributed by atoms with Gasteiger partial charge in [0.05, 0.1) is 5.70 Å². The molecule has 0 saturated heterocycles. The molecule has 3 aliphatic rings. The Labute approximate surface area is 95.5 Å². The van der Waals surface area contributed by atoms with Crippen molar-refractivity contribution in [2.24, 2.45) is 15.0 Å². The fourth-order valence-electron chi connectivity index (χ4n) is 1.65. The minimum absolute atomic E-state index is 0.593. The topological polar surface area (TPSA) is 63.4 Å². The van der Waals surface area contributed by atoms with Crippen LogP contribution in [0.5, 0.6) is 0 Å². The van der Waals surface area contributed by atoms with Gasteiger partial charge < -0.3 is 4.55 Å². The number of aliphatic imine (C=N–C) groups is 3. The van der Waals surface area contributed by atoms with Crippen LogP contribution in [0.25, 0.3) is 0 Å². The van der Waals surface area contributed by atoms with Gasteiger partial charge in [-0.1, -0.05) is 0 Å². The summed E-state index contributed by atoms with van der Waals surface area (Å²) >= 11 is -1.02. The van der Waals surface area contributed by atoms with Gasteiger partial charge in [-0.15, -0.1) is 0 Å². The SMILES string of the molecule is C[S+]([O-])C1=CC2=CC=NC3=NC=NC(=C1)N23. The molecule has 1 atom stereocenters. The van der Waals surface area contributed by atoms with Crippen molar-refractivity contribution in [3.8, 4) is 0 Å². The molecule has 0 amide bonds. The van der Waals surface area contributed by atoms with Crippen LogP contribution in [0.3, 0.4) is 0 Å². The Morgan fingerprint density at radius 3 is 3.00 bits per heavy atom.